The molecule has 2 aromatic heterocycles. The Labute approximate surface area is 130 Å². The summed E-state index contributed by atoms with van der Waals surface area (Å²) >= 11 is 1.25. The van der Waals surface area contributed by atoms with Gasteiger partial charge in [0.25, 0.3) is 10.0 Å². The summed E-state index contributed by atoms with van der Waals surface area (Å²) in [5.41, 5.74) is 1.87. The normalized spacial score (nSPS) is 13.2. The first kappa shape index (κ1) is 16.1. The van der Waals surface area contributed by atoms with Crippen molar-refractivity contribution in [2.75, 3.05) is 0 Å². The molecule has 2 rings (SSSR count). The first-order valence-electron chi connectivity index (χ1n) is 7.00. The number of aromatic nitrogens is 1. The molecule has 1 N–H and O–H groups in total. The third kappa shape index (κ3) is 4.36. The molecule has 2 heterocycles. The van der Waals surface area contributed by atoms with Gasteiger partial charge in [0.2, 0.25) is 0 Å². The van der Waals surface area contributed by atoms with E-state index in [1.165, 1.54) is 11.3 Å². The molecule has 0 saturated carbocycles. The van der Waals surface area contributed by atoms with Crippen molar-refractivity contribution in [1.29, 1.82) is 0 Å². The van der Waals surface area contributed by atoms with Gasteiger partial charge in [-0.2, -0.15) is 0 Å². The van der Waals surface area contributed by atoms with Crippen LogP contribution in [0.2, 0.25) is 0 Å². The Hall–Kier alpha value is -1.24. The van der Waals surface area contributed by atoms with Gasteiger partial charge in [-0.1, -0.05) is 25.8 Å². The van der Waals surface area contributed by atoms with E-state index in [1.54, 1.807) is 18.5 Å². The highest BCUT2D eigenvalue weighted by atomic mass is 32.2. The second-order valence-corrected chi connectivity index (χ2v) is 7.90. The summed E-state index contributed by atoms with van der Waals surface area (Å²) < 4.78 is 28.1. The van der Waals surface area contributed by atoms with Gasteiger partial charge in [0.15, 0.2) is 0 Å². The molecule has 0 amide bonds. The molecule has 114 valence electrons. The van der Waals surface area contributed by atoms with Crippen LogP contribution < -0.4 is 4.72 Å². The fraction of sp³-hybridized carbons (Fsp3) is 0.400. The molecule has 21 heavy (non-hydrogen) atoms. The third-order valence-corrected chi connectivity index (χ3v) is 6.23. The lowest BCUT2D eigenvalue weighted by Gasteiger charge is -2.18. The molecule has 0 aliphatic carbocycles. The van der Waals surface area contributed by atoms with E-state index in [9.17, 15) is 8.42 Å². The third-order valence-electron chi connectivity index (χ3n) is 3.20. The first-order chi connectivity index (χ1) is 10.0. The van der Waals surface area contributed by atoms with Crippen LogP contribution in [0.5, 0.6) is 0 Å². The summed E-state index contributed by atoms with van der Waals surface area (Å²) in [5.74, 6) is 0. The molecule has 1 atom stereocenters. The first-order valence-corrected chi connectivity index (χ1v) is 9.36. The van der Waals surface area contributed by atoms with E-state index in [-0.39, 0.29) is 6.04 Å². The van der Waals surface area contributed by atoms with Gasteiger partial charge in [-0.15, -0.1) is 11.3 Å². The second-order valence-electron chi connectivity index (χ2n) is 5.05. The maximum absolute atomic E-state index is 12.5. The SMILES string of the molecule is CCCC[C@H](NS(=O)(=O)c1cc(C)cs1)c1cccnc1. The van der Waals surface area contributed by atoms with Gasteiger partial charge in [0, 0.05) is 18.4 Å². The zero-order chi connectivity index (χ0) is 15.3. The van der Waals surface area contributed by atoms with Crippen LogP contribution in [-0.2, 0) is 10.0 Å². The Kier molecular flexibility index (Phi) is 5.50. The lowest BCUT2D eigenvalue weighted by atomic mass is 10.0. The average molecular weight is 324 g/mol. The molecular formula is C15H20N2O2S2. The molecule has 6 heteroatoms. The zero-order valence-corrected chi connectivity index (χ0v) is 13.9. The van der Waals surface area contributed by atoms with Gasteiger partial charge in [-0.25, -0.2) is 13.1 Å². The molecule has 0 aliphatic rings. The van der Waals surface area contributed by atoms with Crippen LogP contribution in [0, 0.1) is 6.92 Å². The molecule has 0 aliphatic heterocycles. The van der Waals surface area contributed by atoms with Crippen molar-refractivity contribution in [3.8, 4) is 0 Å². The molecule has 0 radical (unpaired) electrons. The summed E-state index contributed by atoms with van der Waals surface area (Å²) in [6.07, 6.45) is 6.17. The maximum atomic E-state index is 12.5. The summed E-state index contributed by atoms with van der Waals surface area (Å²) in [4.78, 5) is 4.09. The van der Waals surface area contributed by atoms with Crippen LogP contribution in [-0.4, -0.2) is 13.4 Å². The van der Waals surface area contributed by atoms with Crippen LogP contribution in [0.3, 0.4) is 0 Å². The topological polar surface area (TPSA) is 59.1 Å². The number of sulfonamides is 1. The van der Waals surface area contributed by atoms with Crippen molar-refractivity contribution in [3.05, 3.63) is 47.1 Å². The summed E-state index contributed by atoms with van der Waals surface area (Å²) in [5, 5.41) is 1.85. The Balaban J connectivity index is 2.22. The van der Waals surface area contributed by atoms with Crippen LogP contribution in [0.15, 0.2) is 40.2 Å². The Morgan fingerprint density at radius 3 is 2.81 bits per heavy atom. The van der Waals surface area contributed by atoms with Gasteiger partial charge in [0.1, 0.15) is 4.21 Å². The predicted octanol–water partition coefficient (Wildman–Crippen LogP) is 3.66. The lowest BCUT2D eigenvalue weighted by Crippen LogP contribution is -2.28. The zero-order valence-electron chi connectivity index (χ0n) is 12.2. The second kappa shape index (κ2) is 7.15. The number of rotatable bonds is 7. The minimum absolute atomic E-state index is 0.231. The van der Waals surface area contributed by atoms with E-state index in [0.29, 0.717) is 4.21 Å². The summed E-state index contributed by atoms with van der Waals surface area (Å²) in [6.45, 7) is 3.99. The maximum Gasteiger partial charge on any atom is 0.250 e. The Morgan fingerprint density at radius 1 is 1.43 bits per heavy atom. The van der Waals surface area contributed by atoms with Gasteiger partial charge in [0.05, 0.1) is 0 Å². The van der Waals surface area contributed by atoms with Crippen molar-refractivity contribution in [2.45, 2.75) is 43.4 Å². The summed E-state index contributed by atoms with van der Waals surface area (Å²) in [7, 11) is -3.48. The van der Waals surface area contributed by atoms with Crippen LogP contribution >= 0.6 is 11.3 Å². The van der Waals surface area contributed by atoms with E-state index in [0.717, 1.165) is 30.4 Å². The number of hydrogen-bond acceptors (Lipinski definition) is 4. The Morgan fingerprint density at radius 2 is 2.24 bits per heavy atom. The van der Waals surface area contributed by atoms with Gasteiger partial charge in [-0.05, 0) is 42.0 Å². The van der Waals surface area contributed by atoms with E-state index < -0.39 is 10.0 Å². The number of thiophene rings is 1. The minimum Gasteiger partial charge on any atom is -0.264 e. The lowest BCUT2D eigenvalue weighted by molar-refractivity contribution is 0.526. The number of nitrogens with zero attached hydrogens (tertiary/aromatic N) is 1. The molecule has 4 nitrogen and oxygen atoms in total. The highest BCUT2D eigenvalue weighted by Crippen LogP contribution is 2.25. The highest BCUT2D eigenvalue weighted by molar-refractivity contribution is 7.91. The molecule has 0 spiro atoms. The molecular weight excluding hydrogens is 304 g/mol. The van der Waals surface area contributed by atoms with Crippen molar-refractivity contribution in [3.63, 3.8) is 0 Å². The number of pyridine rings is 1. The number of nitrogens with one attached hydrogen (secondary N) is 1. The predicted molar refractivity (Wildman–Crippen MR) is 85.9 cm³/mol. The molecule has 0 saturated heterocycles. The van der Waals surface area contributed by atoms with Crippen LogP contribution in [0.4, 0.5) is 0 Å². The average Bonchev–Trinajstić information content (AvgIpc) is 2.92. The molecule has 0 bridgehead atoms. The van der Waals surface area contributed by atoms with E-state index >= 15 is 0 Å². The van der Waals surface area contributed by atoms with Crippen molar-refractivity contribution in [1.82, 2.24) is 9.71 Å². The van der Waals surface area contributed by atoms with Crippen molar-refractivity contribution in [2.24, 2.45) is 0 Å². The quantitative estimate of drug-likeness (QED) is 0.845. The molecule has 0 fully saturated rings. The molecule has 0 unspecified atom stereocenters. The fourth-order valence-electron chi connectivity index (χ4n) is 2.08. The monoisotopic (exact) mass is 324 g/mol. The van der Waals surface area contributed by atoms with Gasteiger partial charge >= 0.3 is 0 Å². The van der Waals surface area contributed by atoms with Crippen molar-refractivity contribution >= 4 is 21.4 Å². The van der Waals surface area contributed by atoms with E-state index in [4.69, 9.17) is 0 Å². The van der Waals surface area contributed by atoms with E-state index in [2.05, 4.69) is 16.6 Å². The number of unbranched alkanes of at least 4 members (excludes halogenated alkanes) is 1. The minimum atomic E-state index is -3.48. The fourth-order valence-corrected chi connectivity index (χ4v) is 4.58. The van der Waals surface area contributed by atoms with Crippen LogP contribution in [0.25, 0.3) is 0 Å². The van der Waals surface area contributed by atoms with Crippen molar-refractivity contribution < 1.29 is 8.42 Å². The largest absolute Gasteiger partial charge is 0.264 e. The number of hydrogen-bond donors (Lipinski definition) is 1. The molecule has 0 aromatic carbocycles. The Bertz CT molecular complexity index is 666. The van der Waals surface area contributed by atoms with E-state index in [1.807, 2.05) is 24.4 Å². The van der Waals surface area contributed by atoms with Gasteiger partial charge < -0.3 is 0 Å². The summed E-state index contributed by atoms with van der Waals surface area (Å²) in [6, 6.07) is 5.21. The highest BCUT2D eigenvalue weighted by Gasteiger charge is 2.22. The standard InChI is InChI=1S/C15H20N2O2S2/c1-3-4-7-14(13-6-5-8-16-10-13)17-21(18,19)15-9-12(2)11-20-15/h5-6,8-11,14,17H,3-4,7H2,1-2H3/t14-/m0/s1. The smallest absolute Gasteiger partial charge is 0.250 e. The van der Waals surface area contributed by atoms with Gasteiger partial charge in [-0.3, -0.25) is 4.98 Å². The van der Waals surface area contributed by atoms with Crippen LogP contribution in [0.1, 0.15) is 43.4 Å². The number of aryl methyl sites for hydroxylation is 1. The molecule has 2 aromatic rings.